The van der Waals surface area contributed by atoms with Gasteiger partial charge in [-0.1, -0.05) is 32.0 Å². The second-order valence-corrected chi connectivity index (χ2v) is 6.74. The smallest absolute Gasteiger partial charge is 0.329 e. The number of likely N-dealkylation sites (tertiary alicyclic amines) is 1. The van der Waals surface area contributed by atoms with Crippen LogP contribution in [0.15, 0.2) is 30.3 Å². The zero-order valence-electron chi connectivity index (χ0n) is 15.4. The number of ether oxygens (including phenoxy) is 1. The molecule has 1 aliphatic rings. The molecule has 0 aromatic heterocycles. The molecule has 0 unspecified atom stereocenters. The van der Waals surface area contributed by atoms with E-state index in [1.54, 1.807) is 43.0 Å². The Morgan fingerprint density at radius 3 is 2.35 bits per heavy atom. The highest BCUT2D eigenvalue weighted by Crippen LogP contribution is 2.10. The number of benzene rings is 1. The van der Waals surface area contributed by atoms with E-state index in [-0.39, 0.29) is 18.4 Å². The molecule has 7 nitrogen and oxygen atoms in total. The van der Waals surface area contributed by atoms with Crippen LogP contribution in [0.3, 0.4) is 0 Å². The lowest BCUT2D eigenvalue weighted by atomic mass is 10.1. The van der Waals surface area contributed by atoms with E-state index in [0.717, 1.165) is 19.3 Å². The summed E-state index contributed by atoms with van der Waals surface area (Å²) in [6.45, 7) is 4.75. The number of urea groups is 1. The van der Waals surface area contributed by atoms with E-state index in [9.17, 15) is 14.4 Å². The number of hydrogen-bond donors (Lipinski definition) is 2. The fraction of sp³-hybridized carbons (Fsp3) is 0.526. The predicted molar refractivity (Wildman–Crippen MR) is 98.6 cm³/mol. The monoisotopic (exact) mass is 361 g/mol. The second kappa shape index (κ2) is 9.79. The Morgan fingerprint density at radius 1 is 1.08 bits per heavy atom. The molecule has 0 aliphatic carbocycles. The van der Waals surface area contributed by atoms with Gasteiger partial charge in [0, 0.05) is 18.8 Å². The lowest BCUT2D eigenvalue weighted by Gasteiger charge is -2.27. The summed E-state index contributed by atoms with van der Waals surface area (Å²) >= 11 is 0. The molecule has 1 aromatic carbocycles. The lowest BCUT2D eigenvalue weighted by molar-refractivity contribution is -0.154. The molecule has 1 saturated heterocycles. The molecule has 142 valence electrons. The van der Waals surface area contributed by atoms with Gasteiger partial charge in [-0.05, 0) is 37.3 Å². The van der Waals surface area contributed by atoms with E-state index in [1.165, 1.54) is 0 Å². The van der Waals surface area contributed by atoms with Crippen molar-refractivity contribution in [2.45, 2.75) is 39.2 Å². The van der Waals surface area contributed by atoms with Crippen molar-refractivity contribution < 1.29 is 19.1 Å². The van der Waals surface area contributed by atoms with Crippen LogP contribution in [0.25, 0.3) is 0 Å². The SMILES string of the molecule is CC(C)[C@H](NC(=O)Nc1ccccc1)C(=O)OCC(=O)N1CCCCC1. The van der Waals surface area contributed by atoms with Crippen molar-refractivity contribution in [1.82, 2.24) is 10.2 Å². The Morgan fingerprint density at radius 2 is 1.73 bits per heavy atom. The maximum Gasteiger partial charge on any atom is 0.329 e. The second-order valence-electron chi connectivity index (χ2n) is 6.74. The van der Waals surface area contributed by atoms with Crippen LogP contribution >= 0.6 is 0 Å². The van der Waals surface area contributed by atoms with Gasteiger partial charge in [0.15, 0.2) is 6.61 Å². The van der Waals surface area contributed by atoms with E-state index in [4.69, 9.17) is 4.74 Å². The van der Waals surface area contributed by atoms with Crippen molar-refractivity contribution >= 4 is 23.6 Å². The number of carbonyl (C=O) groups is 3. The Hall–Kier alpha value is -2.57. The molecule has 2 N–H and O–H groups in total. The van der Waals surface area contributed by atoms with Crippen LogP contribution in [-0.4, -0.2) is 48.5 Å². The Kier molecular flexibility index (Phi) is 7.44. The average Bonchev–Trinajstić information content (AvgIpc) is 2.65. The Labute approximate surface area is 154 Å². The highest BCUT2D eigenvalue weighted by molar-refractivity contribution is 5.93. The van der Waals surface area contributed by atoms with Gasteiger partial charge in [-0.2, -0.15) is 0 Å². The Bertz CT molecular complexity index is 612. The summed E-state index contributed by atoms with van der Waals surface area (Å²) in [4.78, 5) is 38.3. The first-order valence-corrected chi connectivity index (χ1v) is 9.04. The molecule has 26 heavy (non-hydrogen) atoms. The number of amides is 3. The molecule has 1 atom stereocenters. The van der Waals surface area contributed by atoms with E-state index in [0.29, 0.717) is 18.8 Å². The van der Waals surface area contributed by atoms with Crippen LogP contribution in [0.4, 0.5) is 10.5 Å². The Balaban J connectivity index is 1.84. The fourth-order valence-electron chi connectivity index (χ4n) is 2.78. The van der Waals surface area contributed by atoms with Crippen molar-refractivity contribution in [2.24, 2.45) is 5.92 Å². The minimum atomic E-state index is -0.826. The van der Waals surface area contributed by atoms with Gasteiger partial charge in [-0.3, -0.25) is 4.79 Å². The van der Waals surface area contributed by atoms with Gasteiger partial charge in [0.1, 0.15) is 6.04 Å². The van der Waals surface area contributed by atoms with Gasteiger partial charge in [-0.25, -0.2) is 9.59 Å². The van der Waals surface area contributed by atoms with Crippen molar-refractivity contribution in [3.05, 3.63) is 30.3 Å². The largest absolute Gasteiger partial charge is 0.454 e. The van der Waals surface area contributed by atoms with Gasteiger partial charge in [0.2, 0.25) is 0 Å². The summed E-state index contributed by atoms with van der Waals surface area (Å²) in [6, 6.07) is 7.63. The van der Waals surface area contributed by atoms with Crippen LogP contribution in [0, 0.1) is 5.92 Å². The van der Waals surface area contributed by atoms with Gasteiger partial charge < -0.3 is 20.3 Å². The number of anilines is 1. The molecule has 1 fully saturated rings. The van der Waals surface area contributed by atoms with Crippen molar-refractivity contribution in [3.8, 4) is 0 Å². The van der Waals surface area contributed by atoms with Crippen LogP contribution in [0.5, 0.6) is 0 Å². The highest BCUT2D eigenvalue weighted by atomic mass is 16.5. The zero-order chi connectivity index (χ0) is 18.9. The molecule has 0 spiro atoms. The number of para-hydroxylation sites is 1. The normalized spacial score (nSPS) is 15.3. The van der Waals surface area contributed by atoms with E-state index in [1.807, 2.05) is 6.07 Å². The number of hydrogen-bond acceptors (Lipinski definition) is 4. The topological polar surface area (TPSA) is 87.7 Å². The standard InChI is InChI=1S/C19H27N3O4/c1-14(2)17(21-19(25)20-15-9-5-3-6-10-15)18(24)26-13-16(23)22-11-7-4-8-12-22/h3,5-6,9-10,14,17H,4,7-8,11-13H2,1-2H3,(H2,20,21,25)/t17-/m0/s1. The quantitative estimate of drug-likeness (QED) is 0.762. The summed E-state index contributed by atoms with van der Waals surface area (Å²) in [5.74, 6) is -0.961. The van der Waals surface area contributed by atoms with E-state index >= 15 is 0 Å². The fourth-order valence-corrected chi connectivity index (χ4v) is 2.78. The van der Waals surface area contributed by atoms with Crippen molar-refractivity contribution in [1.29, 1.82) is 0 Å². The summed E-state index contributed by atoms with van der Waals surface area (Å²) in [5.41, 5.74) is 0.626. The van der Waals surface area contributed by atoms with Gasteiger partial charge in [0.05, 0.1) is 0 Å². The van der Waals surface area contributed by atoms with Crippen LogP contribution in [0.1, 0.15) is 33.1 Å². The maximum atomic E-state index is 12.3. The number of esters is 1. The predicted octanol–water partition coefficient (Wildman–Crippen LogP) is 2.39. The third-order valence-electron chi connectivity index (χ3n) is 4.29. The van der Waals surface area contributed by atoms with Gasteiger partial charge >= 0.3 is 12.0 Å². The first kappa shape index (κ1) is 19.8. The van der Waals surface area contributed by atoms with Gasteiger partial charge in [0.25, 0.3) is 5.91 Å². The first-order valence-electron chi connectivity index (χ1n) is 9.04. The molecule has 7 heteroatoms. The van der Waals surface area contributed by atoms with Crippen molar-refractivity contribution in [3.63, 3.8) is 0 Å². The number of rotatable bonds is 6. The summed E-state index contributed by atoms with van der Waals surface area (Å²) in [7, 11) is 0. The summed E-state index contributed by atoms with van der Waals surface area (Å²) in [5, 5.41) is 5.28. The molecule has 1 aliphatic heterocycles. The molecule has 1 aromatic rings. The summed E-state index contributed by atoms with van der Waals surface area (Å²) in [6.07, 6.45) is 3.09. The first-order chi connectivity index (χ1) is 12.5. The molecular weight excluding hydrogens is 334 g/mol. The highest BCUT2D eigenvalue weighted by Gasteiger charge is 2.27. The third-order valence-corrected chi connectivity index (χ3v) is 4.29. The molecule has 0 radical (unpaired) electrons. The minimum absolute atomic E-state index is 0.172. The molecular formula is C19H27N3O4. The summed E-state index contributed by atoms with van der Waals surface area (Å²) < 4.78 is 5.16. The van der Waals surface area contributed by atoms with Crippen LogP contribution < -0.4 is 10.6 Å². The number of nitrogens with one attached hydrogen (secondary N) is 2. The average molecular weight is 361 g/mol. The molecule has 1 heterocycles. The van der Waals surface area contributed by atoms with Gasteiger partial charge in [-0.15, -0.1) is 0 Å². The molecule has 3 amide bonds. The lowest BCUT2D eigenvalue weighted by Crippen LogP contribution is -2.48. The number of carbonyl (C=O) groups excluding carboxylic acids is 3. The number of piperidine rings is 1. The van der Waals surface area contributed by atoms with Crippen LogP contribution in [-0.2, 0) is 14.3 Å². The van der Waals surface area contributed by atoms with Crippen molar-refractivity contribution in [2.75, 3.05) is 25.0 Å². The van der Waals surface area contributed by atoms with Crippen LogP contribution in [0.2, 0.25) is 0 Å². The third kappa shape index (κ3) is 6.06. The zero-order valence-corrected chi connectivity index (χ0v) is 15.4. The minimum Gasteiger partial charge on any atom is -0.454 e. The molecule has 2 rings (SSSR count). The van der Waals surface area contributed by atoms with E-state index in [2.05, 4.69) is 10.6 Å². The number of nitrogens with zero attached hydrogens (tertiary/aromatic N) is 1. The molecule has 0 bridgehead atoms. The molecule has 0 saturated carbocycles. The maximum absolute atomic E-state index is 12.3. The van der Waals surface area contributed by atoms with E-state index < -0.39 is 18.0 Å².